The predicted molar refractivity (Wildman–Crippen MR) is 100.0 cm³/mol. The summed E-state index contributed by atoms with van der Waals surface area (Å²) in [7, 11) is -3.49. The predicted octanol–water partition coefficient (Wildman–Crippen LogP) is 1.68. The molecule has 1 aromatic rings. The van der Waals surface area contributed by atoms with Crippen molar-refractivity contribution in [2.45, 2.75) is 71.0 Å². The number of hydrogen-bond acceptors (Lipinski definition) is 4. The largest absolute Gasteiger partial charge is 0.352 e. The molecular formula is C18H30N4O3S. The summed E-state index contributed by atoms with van der Waals surface area (Å²) in [6.07, 6.45) is 10.7. The highest BCUT2D eigenvalue weighted by Crippen LogP contribution is 2.23. The summed E-state index contributed by atoms with van der Waals surface area (Å²) in [5.74, 6) is 1.23. The molecule has 2 atom stereocenters. The molecule has 0 unspecified atom stereocenters. The Labute approximate surface area is 156 Å². The van der Waals surface area contributed by atoms with Crippen LogP contribution in [0.5, 0.6) is 0 Å². The maximum atomic E-state index is 12.5. The fourth-order valence-electron chi connectivity index (χ4n) is 3.96. The van der Waals surface area contributed by atoms with Gasteiger partial charge in [-0.2, -0.15) is 4.31 Å². The molecule has 1 N–H and O–H groups in total. The second kappa shape index (κ2) is 8.08. The van der Waals surface area contributed by atoms with Gasteiger partial charge in [0.2, 0.25) is 15.9 Å². The number of rotatable bonds is 6. The number of carbonyl (C=O) groups is 1. The van der Waals surface area contributed by atoms with Gasteiger partial charge >= 0.3 is 0 Å². The van der Waals surface area contributed by atoms with Gasteiger partial charge in [-0.25, -0.2) is 13.4 Å². The first-order valence-corrected chi connectivity index (χ1v) is 11.5. The highest BCUT2D eigenvalue weighted by molar-refractivity contribution is 7.88. The van der Waals surface area contributed by atoms with Crippen LogP contribution in [0.15, 0.2) is 6.20 Å². The number of hydrogen-bond donors (Lipinski definition) is 1. The molecule has 146 valence electrons. The van der Waals surface area contributed by atoms with E-state index in [9.17, 15) is 13.2 Å². The summed E-state index contributed by atoms with van der Waals surface area (Å²) < 4.78 is 27.7. The van der Waals surface area contributed by atoms with Crippen LogP contribution in [-0.4, -0.2) is 47.0 Å². The zero-order valence-corrected chi connectivity index (χ0v) is 16.6. The first-order valence-electron chi connectivity index (χ1n) is 9.62. The Balaban J connectivity index is 1.64. The highest BCUT2D eigenvalue weighted by atomic mass is 32.2. The van der Waals surface area contributed by atoms with E-state index in [2.05, 4.69) is 21.8 Å². The fourth-order valence-corrected chi connectivity index (χ4v) is 4.68. The molecule has 0 aromatic carbocycles. The highest BCUT2D eigenvalue weighted by Gasteiger charge is 2.26. The van der Waals surface area contributed by atoms with E-state index in [0.29, 0.717) is 11.6 Å². The molecule has 1 aliphatic heterocycles. The monoisotopic (exact) mass is 382 g/mol. The number of sulfonamides is 1. The molecular weight excluding hydrogens is 352 g/mol. The van der Waals surface area contributed by atoms with Gasteiger partial charge in [0.1, 0.15) is 5.82 Å². The standard InChI is InChI=1S/C18H30N4O3S/c1-14-7-3-4-8-16(14)20-18(23)13-22(26(2,24)25)12-15-11-21-10-6-5-9-17(21)19-15/h11,14,16H,3-10,12-13H2,1-2H3,(H,20,23)/t14-,16-/m0/s1. The van der Waals surface area contributed by atoms with Crippen molar-refractivity contribution in [3.8, 4) is 0 Å². The molecule has 1 aromatic heterocycles. The minimum Gasteiger partial charge on any atom is -0.352 e. The summed E-state index contributed by atoms with van der Waals surface area (Å²) >= 11 is 0. The molecule has 1 fully saturated rings. The van der Waals surface area contributed by atoms with Crippen molar-refractivity contribution < 1.29 is 13.2 Å². The topological polar surface area (TPSA) is 84.3 Å². The summed E-state index contributed by atoms with van der Waals surface area (Å²) in [6, 6.07) is 0.151. The summed E-state index contributed by atoms with van der Waals surface area (Å²) in [6.45, 7) is 3.08. The Morgan fingerprint density at radius 2 is 2.08 bits per heavy atom. The van der Waals surface area contributed by atoms with E-state index in [1.54, 1.807) is 0 Å². The zero-order valence-electron chi connectivity index (χ0n) is 15.8. The first kappa shape index (κ1) is 19.4. The molecule has 0 saturated heterocycles. The number of amides is 1. The van der Waals surface area contributed by atoms with E-state index in [-0.39, 0.29) is 25.0 Å². The average molecular weight is 383 g/mol. The number of aromatic nitrogens is 2. The minimum atomic E-state index is -3.49. The number of imidazole rings is 1. The van der Waals surface area contributed by atoms with Crippen LogP contribution in [-0.2, 0) is 34.3 Å². The van der Waals surface area contributed by atoms with Gasteiger partial charge in [-0.15, -0.1) is 0 Å². The zero-order chi connectivity index (χ0) is 18.7. The molecule has 1 aliphatic carbocycles. The molecule has 2 heterocycles. The average Bonchev–Trinajstić information content (AvgIpc) is 2.98. The van der Waals surface area contributed by atoms with E-state index in [0.717, 1.165) is 57.1 Å². The minimum absolute atomic E-state index is 0.145. The third kappa shape index (κ3) is 4.85. The summed E-state index contributed by atoms with van der Waals surface area (Å²) in [4.78, 5) is 17.0. The quantitative estimate of drug-likeness (QED) is 0.811. The van der Waals surface area contributed by atoms with Gasteiger partial charge in [0.25, 0.3) is 0 Å². The van der Waals surface area contributed by atoms with Gasteiger partial charge < -0.3 is 9.88 Å². The number of nitrogens with zero attached hydrogens (tertiary/aromatic N) is 3. The van der Waals surface area contributed by atoms with Crippen LogP contribution in [0.25, 0.3) is 0 Å². The van der Waals surface area contributed by atoms with Gasteiger partial charge in [0.05, 0.1) is 25.0 Å². The maximum absolute atomic E-state index is 12.5. The molecule has 8 heteroatoms. The smallest absolute Gasteiger partial charge is 0.235 e. The Morgan fingerprint density at radius 3 is 2.77 bits per heavy atom. The lowest BCUT2D eigenvalue weighted by molar-refractivity contribution is -0.122. The molecule has 1 amide bonds. The SMILES string of the molecule is C[C@H]1CCCC[C@@H]1NC(=O)CN(Cc1cn2c(n1)CCCC2)S(C)(=O)=O. The van der Waals surface area contributed by atoms with Crippen LogP contribution in [0.2, 0.25) is 0 Å². The molecule has 2 aliphatic rings. The molecule has 0 bridgehead atoms. The van der Waals surface area contributed by atoms with E-state index in [4.69, 9.17) is 0 Å². The maximum Gasteiger partial charge on any atom is 0.235 e. The molecule has 3 rings (SSSR count). The van der Waals surface area contributed by atoms with Gasteiger partial charge in [0, 0.05) is 25.2 Å². The van der Waals surface area contributed by atoms with Crippen molar-refractivity contribution >= 4 is 15.9 Å². The van der Waals surface area contributed by atoms with Gasteiger partial charge in [-0.05, 0) is 31.6 Å². The Hall–Kier alpha value is -1.41. The van der Waals surface area contributed by atoms with Crippen LogP contribution < -0.4 is 5.32 Å². The molecule has 1 saturated carbocycles. The summed E-state index contributed by atoms with van der Waals surface area (Å²) in [5, 5.41) is 3.04. The van der Waals surface area contributed by atoms with E-state index < -0.39 is 10.0 Å². The van der Waals surface area contributed by atoms with Crippen LogP contribution in [0.1, 0.15) is 57.0 Å². The number of carbonyl (C=O) groups excluding carboxylic acids is 1. The molecule has 0 radical (unpaired) electrons. The Kier molecular flexibility index (Phi) is 6.02. The lowest BCUT2D eigenvalue weighted by Crippen LogP contribution is -2.46. The Morgan fingerprint density at radius 1 is 1.31 bits per heavy atom. The van der Waals surface area contributed by atoms with Crippen LogP contribution >= 0.6 is 0 Å². The van der Waals surface area contributed by atoms with E-state index in [1.165, 1.54) is 10.7 Å². The van der Waals surface area contributed by atoms with Gasteiger partial charge in [0.15, 0.2) is 0 Å². The third-order valence-electron chi connectivity index (χ3n) is 5.54. The fraction of sp³-hybridized carbons (Fsp3) is 0.778. The van der Waals surface area contributed by atoms with Gasteiger partial charge in [-0.1, -0.05) is 19.8 Å². The third-order valence-corrected chi connectivity index (χ3v) is 6.74. The lowest BCUT2D eigenvalue weighted by atomic mass is 9.86. The van der Waals surface area contributed by atoms with Crippen LogP contribution in [0.3, 0.4) is 0 Å². The molecule has 0 spiro atoms. The normalized spacial score (nSPS) is 23.7. The van der Waals surface area contributed by atoms with Crippen molar-refractivity contribution in [2.75, 3.05) is 12.8 Å². The van der Waals surface area contributed by atoms with Crippen molar-refractivity contribution in [2.24, 2.45) is 5.92 Å². The van der Waals surface area contributed by atoms with E-state index in [1.807, 2.05) is 6.20 Å². The number of nitrogens with one attached hydrogen (secondary N) is 1. The van der Waals surface area contributed by atoms with Crippen molar-refractivity contribution in [1.29, 1.82) is 0 Å². The summed E-state index contributed by atoms with van der Waals surface area (Å²) in [5.41, 5.74) is 0.714. The lowest BCUT2D eigenvalue weighted by Gasteiger charge is -2.30. The van der Waals surface area contributed by atoms with Crippen LogP contribution in [0.4, 0.5) is 0 Å². The second-order valence-corrected chi connectivity index (χ2v) is 9.75. The van der Waals surface area contributed by atoms with Crippen molar-refractivity contribution in [1.82, 2.24) is 19.2 Å². The van der Waals surface area contributed by atoms with Crippen LogP contribution in [0, 0.1) is 5.92 Å². The van der Waals surface area contributed by atoms with Crippen molar-refractivity contribution in [3.63, 3.8) is 0 Å². The second-order valence-electron chi connectivity index (χ2n) is 7.77. The van der Waals surface area contributed by atoms with Crippen molar-refractivity contribution in [3.05, 3.63) is 17.7 Å². The van der Waals surface area contributed by atoms with E-state index >= 15 is 0 Å². The first-order chi connectivity index (χ1) is 12.3. The molecule has 7 nitrogen and oxygen atoms in total. The number of fused-ring (bicyclic) bond motifs is 1. The molecule has 26 heavy (non-hydrogen) atoms. The number of aryl methyl sites for hydroxylation is 2. The Bertz CT molecular complexity index is 720. The van der Waals surface area contributed by atoms with Gasteiger partial charge in [-0.3, -0.25) is 4.79 Å².